The van der Waals surface area contributed by atoms with Crippen LogP contribution in [0.25, 0.3) is 0 Å². The molecule has 0 heterocycles. The molecule has 0 aromatic heterocycles. The molecule has 0 radical (unpaired) electrons. The lowest BCUT2D eigenvalue weighted by Gasteiger charge is -2.08. The zero-order chi connectivity index (χ0) is 15.2. The molecule has 0 atom stereocenters. The Morgan fingerprint density at radius 1 is 1.19 bits per heavy atom. The normalized spacial score (nSPS) is 10.2. The average Bonchev–Trinajstić information content (AvgIpc) is 2.50. The maximum absolute atomic E-state index is 11.9. The summed E-state index contributed by atoms with van der Waals surface area (Å²) < 4.78 is 10.3. The van der Waals surface area contributed by atoms with Gasteiger partial charge in [0.2, 0.25) is 0 Å². The number of para-hydroxylation sites is 1. The predicted molar refractivity (Wildman–Crippen MR) is 82.8 cm³/mol. The second-order valence-electron chi connectivity index (χ2n) is 4.44. The molecule has 2 aromatic carbocycles. The van der Waals surface area contributed by atoms with Crippen molar-refractivity contribution in [1.29, 1.82) is 0 Å². The summed E-state index contributed by atoms with van der Waals surface area (Å²) in [5, 5.41) is 0.347. The molecule has 21 heavy (non-hydrogen) atoms. The van der Waals surface area contributed by atoms with Gasteiger partial charge in [-0.1, -0.05) is 29.8 Å². The number of methoxy groups -OCH3 is 1. The first-order valence-corrected chi connectivity index (χ1v) is 6.83. The van der Waals surface area contributed by atoms with Crippen LogP contribution in [-0.4, -0.2) is 19.7 Å². The van der Waals surface area contributed by atoms with Crippen molar-refractivity contribution in [1.82, 2.24) is 0 Å². The quantitative estimate of drug-likeness (QED) is 0.680. The molecule has 2 aromatic rings. The van der Waals surface area contributed by atoms with Crippen LogP contribution in [0.5, 0.6) is 5.75 Å². The fourth-order valence-corrected chi connectivity index (χ4v) is 2.02. The molecular formula is C16H16ClNO3. The molecule has 0 fully saturated rings. The van der Waals surface area contributed by atoms with Crippen LogP contribution in [0.4, 0.5) is 5.69 Å². The van der Waals surface area contributed by atoms with Crippen LogP contribution in [0.1, 0.15) is 15.9 Å². The molecular weight excluding hydrogens is 290 g/mol. The van der Waals surface area contributed by atoms with Crippen molar-refractivity contribution >= 4 is 23.3 Å². The Balaban J connectivity index is 1.90. The number of esters is 1. The van der Waals surface area contributed by atoms with Crippen LogP contribution in [-0.2, 0) is 11.2 Å². The zero-order valence-corrected chi connectivity index (χ0v) is 12.4. The van der Waals surface area contributed by atoms with Gasteiger partial charge in [0.25, 0.3) is 0 Å². The first-order valence-electron chi connectivity index (χ1n) is 6.46. The van der Waals surface area contributed by atoms with Crippen LogP contribution in [0, 0.1) is 0 Å². The highest BCUT2D eigenvalue weighted by Gasteiger charge is 2.12. The Bertz CT molecular complexity index is 626. The van der Waals surface area contributed by atoms with Gasteiger partial charge < -0.3 is 15.2 Å². The van der Waals surface area contributed by atoms with E-state index in [4.69, 9.17) is 26.8 Å². The lowest BCUT2D eigenvalue weighted by atomic mass is 10.1. The standard InChI is InChI=1S/C16H16ClNO3/c1-20-12-7-5-11(6-8-12)9-10-21-16(19)13-3-2-4-14(17)15(13)18/h2-8H,9-10,18H2,1H3. The van der Waals surface area contributed by atoms with Gasteiger partial charge in [-0.2, -0.15) is 0 Å². The van der Waals surface area contributed by atoms with E-state index in [0.29, 0.717) is 11.4 Å². The molecule has 0 amide bonds. The second kappa shape index (κ2) is 6.99. The number of carbonyl (C=O) groups excluding carboxylic acids is 1. The van der Waals surface area contributed by atoms with Gasteiger partial charge in [-0.3, -0.25) is 0 Å². The van der Waals surface area contributed by atoms with E-state index in [1.54, 1.807) is 25.3 Å². The molecule has 0 aliphatic rings. The minimum Gasteiger partial charge on any atom is -0.497 e. The number of anilines is 1. The largest absolute Gasteiger partial charge is 0.497 e. The fraction of sp³-hybridized carbons (Fsp3) is 0.188. The van der Waals surface area contributed by atoms with Gasteiger partial charge in [0.15, 0.2) is 0 Å². The maximum Gasteiger partial charge on any atom is 0.340 e. The summed E-state index contributed by atoms with van der Waals surface area (Å²) in [6.45, 7) is 0.275. The molecule has 0 bridgehead atoms. The molecule has 0 unspecified atom stereocenters. The number of hydrogen-bond donors (Lipinski definition) is 1. The molecule has 5 heteroatoms. The lowest BCUT2D eigenvalue weighted by Crippen LogP contribution is -2.10. The Morgan fingerprint density at radius 3 is 2.57 bits per heavy atom. The zero-order valence-electron chi connectivity index (χ0n) is 11.6. The van der Waals surface area contributed by atoms with E-state index in [2.05, 4.69) is 0 Å². The van der Waals surface area contributed by atoms with E-state index in [0.717, 1.165) is 11.3 Å². The maximum atomic E-state index is 11.9. The van der Waals surface area contributed by atoms with Crippen LogP contribution < -0.4 is 10.5 Å². The summed E-state index contributed by atoms with van der Waals surface area (Å²) in [5.41, 5.74) is 7.34. The van der Waals surface area contributed by atoms with Crippen molar-refractivity contribution in [3.05, 3.63) is 58.6 Å². The van der Waals surface area contributed by atoms with E-state index < -0.39 is 5.97 Å². The van der Waals surface area contributed by atoms with Crippen molar-refractivity contribution < 1.29 is 14.3 Å². The van der Waals surface area contributed by atoms with E-state index in [1.165, 1.54) is 0 Å². The highest BCUT2D eigenvalue weighted by atomic mass is 35.5. The highest BCUT2D eigenvalue weighted by molar-refractivity contribution is 6.33. The summed E-state index contributed by atoms with van der Waals surface area (Å²) in [5.74, 6) is 0.325. The summed E-state index contributed by atoms with van der Waals surface area (Å²) in [6.07, 6.45) is 0.621. The highest BCUT2D eigenvalue weighted by Crippen LogP contribution is 2.23. The number of hydrogen-bond acceptors (Lipinski definition) is 4. The molecule has 0 saturated carbocycles. The Kier molecular flexibility index (Phi) is 5.06. The Hall–Kier alpha value is -2.20. The molecule has 0 aliphatic carbocycles. The van der Waals surface area contributed by atoms with E-state index in [-0.39, 0.29) is 17.9 Å². The molecule has 0 spiro atoms. The van der Waals surface area contributed by atoms with Crippen LogP contribution in [0.2, 0.25) is 5.02 Å². The van der Waals surface area contributed by atoms with Gasteiger partial charge in [-0.15, -0.1) is 0 Å². The van der Waals surface area contributed by atoms with Crippen LogP contribution >= 0.6 is 11.6 Å². The minimum atomic E-state index is -0.469. The third-order valence-corrected chi connectivity index (χ3v) is 3.39. The van der Waals surface area contributed by atoms with Gasteiger partial charge in [0, 0.05) is 6.42 Å². The Morgan fingerprint density at radius 2 is 1.90 bits per heavy atom. The average molecular weight is 306 g/mol. The number of ether oxygens (including phenoxy) is 2. The summed E-state index contributed by atoms with van der Waals surface area (Å²) in [7, 11) is 1.62. The lowest BCUT2D eigenvalue weighted by molar-refractivity contribution is 0.0510. The second-order valence-corrected chi connectivity index (χ2v) is 4.84. The van der Waals surface area contributed by atoms with Crippen molar-refractivity contribution in [2.45, 2.75) is 6.42 Å². The predicted octanol–water partition coefficient (Wildman–Crippen LogP) is 3.33. The number of halogens is 1. The van der Waals surface area contributed by atoms with Crippen LogP contribution in [0.15, 0.2) is 42.5 Å². The van der Waals surface area contributed by atoms with Crippen LogP contribution in [0.3, 0.4) is 0 Å². The fourth-order valence-electron chi connectivity index (χ4n) is 1.85. The van der Waals surface area contributed by atoms with Gasteiger partial charge in [-0.05, 0) is 29.8 Å². The number of nitrogen functional groups attached to an aromatic ring is 1. The van der Waals surface area contributed by atoms with Crippen molar-refractivity contribution in [2.24, 2.45) is 0 Å². The summed E-state index contributed by atoms with van der Waals surface area (Å²) in [6, 6.07) is 12.5. The topological polar surface area (TPSA) is 61.5 Å². The molecule has 2 rings (SSSR count). The van der Waals surface area contributed by atoms with E-state index in [9.17, 15) is 4.79 Å². The third kappa shape index (κ3) is 3.89. The van der Waals surface area contributed by atoms with Crippen molar-refractivity contribution in [3.63, 3.8) is 0 Å². The van der Waals surface area contributed by atoms with Gasteiger partial charge in [-0.25, -0.2) is 4.79 Å². The van der Waals surface area contributed by atoms with Crippen molar-refractivity contribution in [3.8, 4) is 5.75 Å². The smallest absolute Gasteiger partial charge is 0.340 e. The summed E-state index contributed by atoms with van der Waals surface area (Å²) >= 11 is 5.87. The first-order chi connectivity index (χ1) is 10.1. The molecule has 0 saturated heterocycles. The molecule has 0 aliphatic heterocycles. The van der Waals surface area contributed by atoms with Gasteiger partial charge in [0.05, 0.1) is 30.0 Å². The minimum absolute atomic E-state index is 0.244. The molecule has 110 valence electrons. The number of benzene rings is 2. The SMILES string of the molecule is COc1ccc(CCOC(=O)c2cccc(Cl)c2N)cc1. The van der Waals surface area contributed by atoms with Gasteiger partial charge >= 0.3 is 5.97 Å². The van der Waals surface area contributed by atoms with Gasteiger partial charge in [0.1, 0.15) is 5.75 Å². The number of nitrogens with two attached hydrogens (primary N) is 1. The van der Waals surface area contributed by atoms with Crippen molar-refractivity contribution in [2.75, 3.05) is 19.5 Å². The number of carbonyl (C=O) groups is 1. The van der Waals surface area contributed by atoms with E-state index in [1.807, 2.05) is 24.3 Å². The monoisotopic (exact) mass is 305 g/mol. The first kappa shape index (κ1) is 15.2. The third-order valence-electron chi connectivity index (χ3n) is 3.06. The number of rotatable bonds is 5. The molecule has 4 nitrogen and oxygen atoms in total. The van der Waals surface area contributed by atoms with E-state index >= 15 is 0 Å². The molecule has 2 N–H and O–H groups in total. The Labute approximate surface area is 128 Å². The summed E-state index contributed by atoms with van der Waals surface area (Å²) in [4.78, 5) is 11.9.